The predicted octanol–water partition coefficient (Wildman–Crippen LogP) is 4.00. The molecule has 19 heavy (non-hydrogen) atoms. The number of nitrogens with zero attached hydrogens (tertiary/aromatic N) is 2. The standard InChI is InChI=1S/C14H17BrN4/c1-8(2)10-6-4-5-9(3)13(10)19-14-17-11(15)7-12(16)18-14/h4-8H,1-3H3,(H3,16,17,18,19). The minimum atomic E-state index is 0.423. The molecule has 0 atom stereocenters. The molecule has 0 fully saturated rings. The number of nitrogens with one attached hydrogen (secondary N) is 1. The van der Waals surface area contributed by atoms with Crippen molar-refractivity contribution in [3.63, 3.8) is 0 Å². The van der Waals surface area contributed by atoms with Crippen molar-refractivity contribution in [2.75, 3.05) is 11.1 Å². The van der Waals surface area contributed by atoms with Gasteiger partial charge in [0, 0.05) is 11.8 Å². The molecule has 2 rings (SSSR count). The van der Waals surface area contributed by atoms with E-state index in [2.05, 4.69) is 70.2 Å². The first-order chi connectivity index (χ1) is 8.97. The molecule has 3 N–H and O–H groups in total. The molecule has 2 aromatic rings. The number of nitrogen functional groups attached to an aromatic ring is 1. The lowest BCUT2D eigenvalue weighted by molar-refractivity contribution is 0.866. The van der Waals surface area contributed by atoms with E-state index in [0.29, 0.717) is 22.3 Å². The lowest BCUT2D eigenvalue weighted by atomic mass is 9.98. The maximum Gasteiger partial charge on any atom is 0.230 e. The summed E-state index contributed by atoms with van der Waals surface area (Å²) in [6.45, 7) is 6.39. The third-order valence-electron chi connectivity index (χ3n) is 2.88. The van der Waals surface area contributed by atoms with E-state index in [1.54, 1.807) is 6.07 Å². The lowest BCUT2D eigenvalue weighted by Gasteiger charge is -2.16. The molecule has 0 spiro atoms. The minimum Gasteiger partial charge on any atom is -0.383 e. The topological polar surface area (TPSA) is 63.8 Å². The molecule has 1 aromatic carbocycles. The molecule has 100 valence electrons. The van der Waals surface area contributed by atoms with Crippen molar-refractivity contribution in [2.24, 2.45) is 0 Å². The van der Waals surface area contributed by atoms with Gasteiger partial charge in [-0.2, -0.15) is 4.98 Å². The molecule has 0 radical (unpaired) electrons. The Hall–Kier alpha value is -1.62. The molecule has 0 saturated carbocycles. The van der Waals surface area contributed by atoms with Crippen LogP contribution in [0, 0.1) is 6.92 Å². The van der Waals surface area contributed by atoms with Gasteiger partial charge in [-0.25, -0.2) is 4.98 Å². The third kappa shape index (κ3) is 3.23. The number of benzene rings is 1. The van der Waals surface area contributed by atoms with Crippen molar-refractivity contribution in [2.45, 2.75) is 26.7 Å². The zero-order valence-corrected chi connectivity index (χ0v) is 12.8. The summed E-state index contributed by atoms with van der Waals surface area (Å²) in [6, 6.07) is 7.91. The number of aryl methyl sites for hydroxylation is 1. The van der Waals surface area contributed by atoms with Crippen LogP contribution in [0.4, 0.5) is 17.5 Å². The Morgan fingerprint density at radius 2 is 2.00 bits per heavy atom. The average Bonchev–Trinajstić information content (AvgIpc) is 2.30. The van der Waals surface area contributed by atoms with Gasteiger partial charge in [0.2, 0.25) is 5.95 Å². The second kappa shape index (κ2) is 5.57. The fourth-order valence-corrected chi connectivity index (χ4v) is 2.35. The largest absolute Gasteiger partial charge is 0.383 e. The van der Waals surface area contributed by atoms with E-state index < -0.39 is 0 Å². The number of halogens is 1. The van der Waals surface area contributed by atoms with Crippen LogP contribution in [0.25, 0.3) is 0 Å². The molecule has 0 bridgehead atoms. The maximum atomic E-state index is 5.73. The van der Waals surface area contributed by atoms with Crippen LogP contribution in [-0.2, 0) is 0 Å². The molecule has 0 saturated heterocycles. The van der Waals surface area contributed by atoms with Crippen molar-refractivity contribution >= 4 is 33.4 Å². The van der Waals surface area contributed by atoms with Gasteiger partial charge < -0.3 is 11.1 Å². The van der Waals surface area contributed by atoms with Gasteiger partial charge in [-0.05, 0) is 39.9 Å². The van der Waals surface area contributed by atoms with Gasteiger partial charge in [-0.1, -0.05) is 32.0 Å². The monoisotopic (exact) mass is 320 g/mol. The molecular formula is C14H17BrN4. The molecule has 1 aromatic heterocycles. The number of aromatic nitrogens is 2. The van der Waals surface area contributed by atoms with E-state index in [4.69, 9.17) is 5.73 Å². The number of nitrogens with two attached hydrogens (primary N) is 1. The highest BCUT2D eigenvalue weighted by molar-refractivity contribution is 9.10. The SMILES string of the molecule is Cc1cccc(C(C)C)c1Nc1nc(N)cc(Br)n1. The van der Waals surface area contributed by atoms with Crippen LogP contribution in [0.1, 0.15) is 30.9 Å². The normalized spacial score (nSPS) is 10.8. The summed E-state index contributed by atoms with van der Waals surface area (Å²) in [4.78, 5) is 8.48. The summed E-state index contributed by atoms with van der Waals surface area (Å²) in [6.07, 6.45) is 0. The molecule has 0 amide bonds. The molecule has 5 heteroatoms. The summed E-state index contributed by atoms with van der Waals surface area (Å²) in [5.41, 5.74) is 9.18. The van der Waals surface area contributed by atoms with Crippen LogP contribution in [0.3, 0.4) is 0 Å². The van der Waals surface area contributed by atoms with Crippen LogP contribution in [0.15, 0.2) is 28.9 Å². The van der Waals surface area contributed by atoms with E-state index in [1.807, 2.05) is 0 Å². The van der Waals surface area contributed by atoms with Crippen LogP contribution >= 0.6 is 15.9 Å². The molecule has 4 nitrogen and oxygen atoms in total. The van der Waals surface area contributed by atoms with Gasteiger partial charge in [-0.3, -0.25) is 0 Å². The van der Waals surface area contributed by atoms with E-state index in [1.165, 1.54) is 5.56 Å². The average molecular weight is 321 g/mol. The van der Waals surface area contributed by atoms with Crippen LogP contribution < -0.4 is 11.1 Å². The Bertz CT molecular complexity index is 576. The Labute approximate surface area is 121 Å². The summed E-state index contributed by atoms with van der Waals surface area (Å²) < 4.78 is 0.669. The van der Waals surface area contributed by atoms with Crippen LogP contribution in [0.5, 0.6) is 0 Å². The molecule has 1 heterocycles. The van der Waals surface area contributed by atoms with E-state index in [9.17, 15) is 0 Å². The first kappa shape index (κ1) is 13.8. The number of hydrogen-bond donors (Lipinski definition) is 2. The maximum absolute atomic E-state index is 5.73. The van der Waals surface area contributed by atoms with Gasteiger partial charge in [0.15, 0.2) is 0 Å². The highest BCUT2D eigenvalue weighted by Gasteiger charge is 2.11. The Morgan fingerprint density at radius 1 is 1.26 bits per heavy atom. The summed E-state index contributed by atoms with van der Waals surface area (Å²) in [5, 5.41) is 3.27. The quantitative estimate of drug-likeness (QED) is 0.839. The molecule has 0 aliphatic carbocycles. The number of hydrogen-bond acceptors (Lipinski definition) is 4. The summed E-state index contributed by atoms with van der Waals surface area (Å²) >= 11 is 3.32. The fourth-order valence-electron chi connectivity index (χ4n) is 1.95. The summed E-state index contributed by atoms with van der Waals surface area (Å²) in [7, 11) is 0. The first-order valence-corrected chi connectivity index (χ1v) is 6.93. The van der Waals surface area contributed by atoms with Crippen molar-refractivity contribution in [3.05, 3.63) is 40.0 Å². The number of para-hydroxylation sites is 1. The Balaban J connectivity index is 2.42. The van der Waals surface area contributed by atoms with E-state index in [0.717, 1.165) is 11.3 Å². The van der Waals surface area contributed by atoms with Gasteiger partial charge >= 0.3 is 0 Å². The number of anilines is 3. The fraction of sp³-hybridized carbons (Fsp3) is 0.286. The lowest BCUT2D eigenvalue weighted by Crippen LogP contribution is -2.05. The first-order valence-electron chi connectivity index (χ1n) is 6.14. The highest BCUT2D eigenvalue weighted by atomic mass is 79.9. The van der Waals surface area contributed by atoms with Gasteiger partial charge in [0.1, 0.15) is 10.4 Å². The van der Waals surface area contributed by atoms with Crippen molar-refractivity contribution in [3.8, 4) is 0 Å². The van der Waals surface area contributed by atoms with Crippen LogP contribution in [-0.4, -0.2) is 9.97 Å². The van der Waals surface area contributed by atoms with Crippen molar-refractivity contribution < 1.29 is 0 Å². The molecule has 0 unspecified atom stereocenters. The zero-order chi connectivity index (χ0) is 14.0. The van der Waals surface area contributed by atoms with Crippen molar-refractivity contribution in [1.82, 2.24) is 9.97 Å². The highest BCUT2D eigenvalue weighted by Crippen LogP contribution is 2.29. The van der Waals surface area contributed by atoms with Crippen molar-refractivity contribution in [1.29, 1.82) is 0 Å². The van der Waals surface area contributed by atoms with E-state index in [-0.39, 0.29) is 0 Å². The Morgan fingerprint density at radius 3 is 2.63 bits per heavy atom. The van der Waals surface area contributed by atoms with Crippen LogP contribution in [0.2, 0.25) is 0 Å². The number of rotatable bonds is 3. The second-order valence-electron chi connectivity index (χ2n) is 4.76. The summed E-state index contributed by atoms with van der Waals surface area (Å²) in [5.74, 6) is 1.36. The van der Waals surface area contributed by atoms with Gasteiger partial charge in [0.05, 0.1) is 0 Å². The molecule has 0 aliphatic rings. The second-order valence-corrected chi connectivity index (χ2v) is 5.57. The molecular weight excluding hydrogens is 304 g/mol. The van der Waals surface area contributed by atoms with Gasteiger partial charge in [0.25, 0.3) is 0 Å². The predicted molar refractivity (Wildman–Crippen MR) is 82.7 cm³/mol. The zero-order valence-electron chi connectivity index (χ0n) is 11.2. The smallest absolute Gasteiger partial charge is 0.230 e. The van der Waals surface area contributed by atoms with E-state index >= 15 is 0 Å². The third-order valence-corrected chi connectivity index (χ3v) is 3.28. The van der Waals surface area contributed by atoms with Gasteiger partial charge in [-0.15, -0.1) is 0 Å². The minimum absolute atomic E-state index is 0.423. The molecule has 0 aliphatic heterocycles. The Kier molecular flexibility index (Phi) is 4.04.